The number of aromatic amines is 1. The van der Waals surface area contributed by atoms with Crippen LogP contribution in [0.4, 0.5) is 21.8 Å². The van der Waals surface area contributed by atoms with Crippen LogP contribution in [-0.4, -0.2) is 119 Å². The molecule has 378 valence electrons. The lowest BCUT2D eigenvalue weighted by molar-refractivity contribution is -0.139. The fourth-order valence-electron chi connectivity index (χ4n) is 7.74. The van der Waals surface area contributed by atoms with Crippen LogP contribution in [-0.2, 0) is 41.6 Å². The van der Waals surface area contributed by atoms with E-state index < -0.39 is 53.5 Å². The number of nitrogens with one attached hydrogen (secondary N) is 6. The molecule has 0 saturated carbocycles. The Bertz CT molecular complexity index is 2860. The number of anilines is 3. The highest BCUT2D eigenvalue weighted by Crippen LogP contribution is 2.27. The van der Waals surface area contributed by atoms with Crippen LogP contribution in [0.25, 0.3) is 22.3 Å². The van der Waals surface area contributed by atoms with Crippen LogP contribution < -0.4 is 38.1 Å². The Balaban J connectivity index is 0.958. The maximum absolute atomic E-state index is 15.3. The van der Waals surface area contributed by atoms with Gasteiger partial charge in [-0.05, 0) is 104 Å². The van der Waals surface area contributed by atoms with Crippen molar-refractivity contribution in [2.24, 2.45) is 5.92 Å². The van der Waals surface area contributed by atoms with Gasteiger partial charge in [0.2, 0.25) is 29.5 Å². The zero-order valence-corrected chi connectivity index (χ0v) is 39.7. The number of tetrazole rings is 1. The first-order chi connectivity index (χ1) is 34.4. The van der Waals surface area contributed by atoms with Crippen molar-refractivity contribution >= 4 is 75.7 Å². The zero-order chi connectivity index (χ0) is 52.1. The predicted octanol–water partition coefficient (Wildman–Crippen LogP) is 2.36. The molecule has 0 saturated heterocycles. The summed E-state index contributed by atoms with van der Waals surface area (Å²) in [4.78, 5) is 110. The number of carbonyl (C=O) groups is 8. The number of nitrogens with two attached hydrogens (primary N) is 2. The number of halogens is 1. The number of fused-ring (bicyclic) bond motifs is 1. The number of imide groups is 1. The third-order valence-corrected chi connectivity index (χ3v) is 11.7. The fraction of sp³-hybridized carbons (Fsp3) is 0.354. The smallest absolute Gasteiger partial charge is 0.326 e. The standard InChI is InChI=1S/C48H55FN14O9/c1-25(2)40(57-35(64)9-5-4-6-23-63-36(65)20-21-37(63)66)46(70)53-26(3)43(67)54-30-17-18-31(32(24-30)42-59-61-62-60-42)45(69)52-22-7-8-34(47(71)72)55-44(68)29-14-11-27(12-15-29)10-13-28-16-19-33-38(39(28)49)41(50)58-48(51)56-33/h11-12,14-21,24-26,34,40H,4-10,13,22-23H2,1-3H3,(H,52,69)(H,53,70)(H,54,67)(H,55,68)(H,57,64)(H,71,72)(H4,50,51,56,58)(H,59,60,61,62). The van der Waals surface area contributed by atoms with Crippen molar-refractivity contribution in [3.05, 3.63) is 94.8 Å². The van der Waals surface area contributed by atoms with E-state index in [1.807, 2.05) is 0 Å². The monoisotopic (exact) mass is 990 g/mol. The van der Waals surface area contributed by atoms with Crippen LogP contribution >= 0.6 is 0 Å². The number of unbranched alkanes of at least 4 members (excludes halogenated alkanes) is 2. The summed E-state index contributed by atoms with van der Waals surface area (Å²) in [5.41, 5.74) is 13.7. The Morgan fingerprint density at radius 2 is 1.56 bits per heavy atom. The van der Waals surface area contributed by atoms with Gasteiger partial charge >= 0.3 is 5.97 Å². The lowest BCUT2D eigenvalue weighted by Crippen LogP contribution is -2.53. The molecule has 0 spiro atoms. The van der Waals surface area contributed by atoms with Crippen molar-refractivity contribution in [2.45, 2.75) is 90.3 Å². The second kappa shape index (κ2) is 24.2. The van der Waals surface area contributed by atoms with Gasteiger partial charge in [-0.3, -0.25) is 38.5 Å². The van der Waals surface area contributed by atoms with Crippen molar-refractivity contribution in [2.75, 3.05) is 29.9 Å². The third kappa shape index (κ3) is 13.8. The van der Waals surface area contributed by atoms with E-state index in [1.165, 1.54) is 49.4 Å². The average Bonchev–Trinajstić information content (AvgIpc) is 4.00. The van der Waals surface area contributed by atoms with Crippen molar-refractivity contribution in [3.8, 4) is 11.4 Å². The van der Waals surface area contributed by atoms with E-state index in [0.29, 0.717) is 43.2 Å². The zero-order valence-electron chi connectivity index (χ0n) is 39.7. The number of nitrogen functional groups attached to an aromatic ring is 2. The Morgan fingerprint density at radius 3 is 2.24 bits per heavy atom. The number of hydrogen-bond donors (Lipinski definition) is 9. The number of H-pyrrole nitrogens is 1. The number of hydrogen-bond acceptors (Lipinski definition) is 15. The Morgan fingerprint density at radius 1 is 0.819 bits per heavy atom. The summed E-state index contributed by atoms with van der Waals surface area (Å²) in [6.07, 6.45) is 4.96. The second-order valence-electron chi connectivity index (χ2n) is 17.3. The molecule has 3 unspecified atom stereocenters. The molecule has 3 atom stereocenters. The van der Waals surface area contributed by atoms with Gasteiger partial charge in [-0.2, -0.15) is 10.2 Å². The first-order valence-electron chi connectivity index (χ1n) is 23.1. The summed E-state index contributed by atoms with van der Waals surface area (Å²) in [5, 5.41) is 37.1. The number of benzene rings is 3. The van der Waals surface area contributed by atoms with Gasteiger partial charge in [-0.25, -0.2) is 14.2 Å². The predicted molar refractivity (Wildman–Crippen MR) is 260 cm³/mol. The molecular formula is C48H55FN14O9. The topological polar surface area (TPSA) is 352 Å². The lowest BCUT2D eigenvalue weighted by atomic mass is 10.0. The number of nitrogens with zero attached hydrogens (tertiary/aromatic N) is 6. The molecule has 0 radical (unpaired) electrons. The van der Waals surface area contributed by atoms with E-state index in [2.05, 4.69) is 57.2 Å². The molecule has 24 heteroatoms. The molecule has 1 aliphatic rings. The number of aryl methyl sites for hydroxylation is 2. The van der Waals surface area contributed by atoms with E-state index in [0.717, 1.165) is 10.5 Å². The normalized spacial score (nSPS) is 13.4. The summed E-state index contributed by atoms with van der Waals surface area (Å²) in [6, 6.07) is 10.7. The highest BCUT2D eigenvalue weighted by Gasteiger charge is 2.28. The summed E-state index contributed by atoms with van der Waals surface area (Å²) < 4.78 is 15.3. The summed E-state index contributed by atoms with van der Waals surface area (Å²) in [5.74, 6) is -5.74. The van der Waals surface area contributed by atoms with E-state index >= 15 is 4.39 Å². The first-order valence-corrected chi connectivity index (χ1v) is 23.1. The number of carboxylic acid groups (broad SMARTS) is 1. The molecule has 72 heavy (non-hydrogen) atoms. The third-order valence-electron chi connectivity index (χ3n) is 11.7. The summed E-state index contributed by atoms with van der Waals surface area (Å²) in [6.45, 7) is 5.22. The van der Waals surface area contributed by atoms with Gasteiger partial charge in [0.05, 0.1) is 16.5 Å². The molecule has 3 aromatic carbocycles. The number of amides is 7. The van der Waals surface area contributed by atoms with Gasteiger partial charge in [0.15, 0.2) is 0 Å². The molecule has 5 aromatic rings. The van der Waals surface area contributed by atoms with Crippen molar-refractivity contribution in [3.63, 3.8) is 0 Å². The largest absolute Gasteiger partial charge is 0.480 e. The van der Waals surface area contributed by atoms with Gasteiger partial charge in [0.25, 0.3) is 23.6 Å². The maximum Gasteiger partial charge on any atom is 0.326 e. The van der Waals surface area contributed by atoms with Crippen LogP contribution in [0, 0.1) is 11.7 Å². The Labute approximate surface area is 411 Å². The Kier molecular flexibility index (Phi) is 17.7. The van der Waals surface area contributed by atoms with E-state index in [9.17, 15) is 43.5 Å². The van der Waals surface area contributed by atoms with E-state index in [1.54, 1.807) is 38.1 Å². The van der Waals surface area contributed by atoms with E-state index in [-0.39, 0.29) is 101 Å². The van der Waals surface area contributed by atoms with Crippen LogP contribution in [0.5, 0.6) is 0 Å². The molecule has 0 aliphatic carbocycles. The SMILES string of the molecule is CC(NC(=O)C(NC(=O)CCCCCN1C(=O)C=CC1=O)C(C)C)C(=O)Nc1ccc(C(=O)NCCCC(NC(=O)c2ccc(CCc3ccc4nc(N)nc(N)c4c3F)cc2)C(=O)O)c(-c2nn[nH]n2)c1. The second-order valence-corrected chi connectivity index (χ2v) is 17.3. The molecule has 0 bridgehead atoms. The van der Waals surface area contributed by atoms with Crippen LogP contribution in [0.1, 0.15) is 91.1 Å². The van der Waals surface area contributed by atoms with Gasteiger partial charge < -0.3 is 43.2 Å². The molecule has 1 aliphatic heterocycles. The molecule has 6 rings (SSSR count). The van der Waals surface area contributed by atoms with E-state index in [4.69, 9.17) is 11.5 Å². The molecule has 7 amide bonds. The highest BCUT2D eigenvalue weighted by atomic mass is 19.1. The number of aliphatic carboxylic acids is 1. The molecule has 0 fully saturated rings. The molecular weight excluding hydrogens is 936 g/mol. The Hall–Kier alpha value is -8.70. The fourth-order valence-corrected chi connectivity index (χ4v) is 7.74. The minimum Gasteiger partial charge on any atom is -0.480 e. The molecule has 3 heterocycles. The number of carbonyl (C=O) groups excluding carboxylic acids is 7. The molecule has 23 nitrogen and oxygen atoms in total. The maximum atomic E-state index is 15.3. The molecule has 11 N–H and O–H groups in total. The van der Waals surface area contributed by atoms with Gasteiger partial charge in [0, 0.05) is 48.5 Å². The van der Waals surface area contributed by atoms with Gasteiger partial charge in [0.1, 0.15) is 29.8 Å². The number of aromatic nitrogens is 6. The lowest BCUT2D eigenvalue weighted by Gasteiger charge is -2.24. The van der Waals surface area contributed by atoms with Crippen molar-refractivity contribution in [1.29, 1.82) is 0 Å². The van der Waals surface area contributed by atoms with Crippen LogP contribution in [0.3, 0.4) is 0 Å². The van der Waals surface area contributed by atoms with Gasteiger partial charge in [-0.1, -0.05) is 38.5 Å². The summed E-state index contributed by atoms with van der Waals surface area (Å²) in [7, 11) is 0. The summed E-state index contributed by atoms with van der Waals surface area (Å²) >= 11 is 0. The van der Waals surface area contributed by atoms with Gasteiger partial charge in [-0.15, -0.1) is 10.2 Å². The van der Waals surface area contributed by atoms with Crippen LogP contribution in [0.15, 0.2) is 66.7 Å². The van der Waals surface area contributed by atoms with Crippen molar-refractivity contribution in [1.82, 2.24) is 56.8 Å². The number of rotatable bonds is 24. The molecule has 2 aromatic heterocycles. The van der Waals surface area contributed by atoms with Crippen molar-refractivity contribution < 1.29 is 47.9 Å². The minimum atomic E-state index is -1.29. The van der Waals surface area contributed by atoms with Crippen LogP contribution in [0.2, 0.25) is 0 Å². The average molecular weight is 991 g/mol. The minimum absolute atomic E-state index is 0.0150. The first kappa shape index (κ1) is 52.7. The quantitative estimate of drug-likeness (QED) is 0.0316. The number of carboxylic acids is 1. The highest BCUT2D eigenvalue weighted by molar-refractivity contribution is 6.13.